The highest BCUT2D eigenvalue weighted by molar-refractivity contribution is 9.09. The number of carbonyl (C=O) groups excluding carboxylic acids is 2. The number of alkyl halides is 1. The molecule has 19 heavy (non-hydrogen) atoms. The molecule has 0 spiro atoms. The molecule has 3 rings (SSSR count). The van der Waals surface area contributed by atoms with Gasteiger partial charge in [0.05, 0.1) is 6.54 Å². The van der Waals surface area contributed by atoms with E-state index in [0.717, 1.165) is 31.3 Å². The number of carbonyl (C=O) groups is 2. The zero-order valence-corrected chi connectivity index (χ0v) is 12.8. The fourth-order valence-corrected chi connectivity index (χ4v) is 4.60. The van der Waals surface area contributed by atoms with Crippen LogP contribution in [0.15, 0.2) is 0 Å². The number of rotatable bonds is 3. The maximum atomic E-state index is 12.5. The van der Waals surface area contributed by atoms with Gasteiger partial charge in [-0.1, -0.05) is 28.8 Å². The number of hydrogen-bond donors (Lipinski definition) is 0. The minimum absolute atomic E-state index is 0.143. The first-order valence-electron chi connectivity index (χ1n) is 7.29. The molecule has 2 heterocycles. The molecule has 106 valence electrons. The van der Waals surface area contributed by atoms with Crippen molar-refractivity contribution in [2.75, 3.05) is 25.0 Å². The van der Waals surface area contributed by atoms with E-state index in [-0.39, 0.29) is 23.3 Å². The number of hydrogen-bond acceptors (Lipinski definition) is 2. The lowest BCUT2D eigenvalue weighted by molar-refractivity contribution is -0.154. The molecule has 1 saturated carbocycles. The first kappa shape index (κ1) is 13.4. The first-order chi connectivity index (χ1) is 9.15. The third kappa shape index (κ3) is 2.30. The Morgan fingerprint density at radius 2 is 1.95 bits per heavy atom. The SMILES string of the molecule is O=C1C2CCCN2C(=O)CN1CC1(CBr)CCCC1. The molecular weight excluding hydrogens is 308 g/mol. The summed E-state index contributed by atoms with van der Waals surface area (Å²) >= 11 is 3.62. The highest BCUT2D eigenvalue weighted by atomic mass is 79.9. The molecule has 0 aromatic heterocycles. The van der Waals surface area contributed by atoms with Crippen molar-refractivity contribution in [3.63, 3.8) is 0 Å². The van der Waals surface area contributed by atoms with E-state index in [1.54, 1.807) is 4.90 Å². The number of amides is 2. The summed E-state index contributed by atoms with van der Waals surface area (Å²) in [7, 11) is 0. The summed E-state index contributed by atoms with van der Waals surface area (Å²) in [5, 5.41) is 0.937. The molecular formula is C14H21BrN2O2. The number of nitrogens with zero attached hydrogens (tertiary/aromatic N) is 2. The van der Waals surface area contributed by atoms with Gasteiger partial charge in [0.15, 0.2) is 0 Å². The standard InChI is InChI=1S/C14H21BrN2O2/c15-9-14(5-1-2-6-14)10-16-8-12(18)17-7-3-4-11(17)13(16)19/h11H,1-10H2. The quantitative estimate of drug-likeness (QED) is 0.741. The smallest absolute Gasteiger partial charge is 0.245 e. The minimum Gasteiger partial charge on any atom is -0.331 e. The molecule has 0 radical (unpaired) electrons. The molecule has 0 bridgehead atoms. The fourth-order valence-electron chi connectivity index (χ4n) is 3.86. The van der Waals surface area contributed by atoms with Gasteiger partial charge in [-0.3, -0.25) is 9.59 Å². The van der Waals surface area contributed by atoms with Crippen LogP contribution in [0.4, 0.5) is 0 Å². The van der Waals surface area contributed by atoms with Gasteiger partial charge in [0, 0.05) is 18.4 Å². The van der Waals surface area contributed by atoms with Gasteiger partial charge < -0.3 is 9.80 Å². The largest absolute Gasteiger partial charge is 0.331 e. The zero-order valence-electron chi connectivity index (χ0n) is 11.2. The summed E-state index contributed by atoms with van der Waals surface area (Å²) in [6, 6.07) is -0.157. The Balaban J connectivity index is 1.74. The monoisotopic (exact) mass is 328 g/mol. The molecule has 3 fully saturated rings. The van der Waals surface area contributed by atoms with Crippen LogP contribution in [0.3, 0.4) is 0 Å². The van der Waals surface area contributed by atoms with Crippen molar-refractivity contribution in [2.24, 2.45) is 5.41 Å². The van der Waals surface area contributed by atoms with Crippen LogP contribution in [0.5, 0.6) is 0 Å². The second-order valence-corrected chi connectivity index (χ2v) is 6.84. The van der Waals surface area contributed by atoms with Crippen LogP contribution in [-0.4, -0.2) is 52.6 Å². The van der Waals surface area contributed by atoms with Crippen molar-refractivity contribution in [3.8, 4) is 0 Å². The highest BCUT2D eigenvalue weighted by Crippen LogP contribution is 2.41. The van der Waals surface area contributed by atoms with E-state index in [1.165, 1.54) is 25.7 Å². The van der Waals surface area contributed by atoms with Crippen molar-refractivity contribution in [1.29, 1.82) is 0 Å². The molecule has 5 heteroatoms. The highest BCUT2D eigenvalue weighted by Gasteiger charge is 2.45. The molecule has 3 aliphatic rings. The molecule has 1 aliphatic carbocycles. The Morgan fingerprint density at radius 1 is 1.21 bits per heavy atom. The third-order valence-electron chi connectivity index (χ3n) is 4.97. The van der Waals surface area contributed by atoms with Crippen LogP contribution in [0.2, 0.25) is 0 Å². The van der Waals surface area contributed by atoms with Crippen LogP contribution in [-0.2, 0) is 9.59 Å². The van der Waals surface area contributed by atoms with Gasteiger partial charge >= 0.3 is 0 Å². The molecule has 1 unspecified atom stereocenters. The molecule has 0 N–H and O–H groups in total. The Kier molecular flexibility index (Phi) is 3.58. The van der Waals surface area contributed by atoms with E-state index in [1.807, 2.05) is 4.90 Å². The van der Waals surface area contributed by atoms with Gasteiger partial charge in [-0.25, -0.2) is 0 Å². The van der Waals surface area contributed by atoms with E-state index in [2.05, 4.69) is 15.9 Å². The average Bonchev–Trinajstić information content (AvgIpc) is 3.05. The average molecular weight is 329 g/mol. The van der Waals surface area contributed by atoms with Gasteiger partial charge in [0.25, 0.3) is 0 Å². The second-order valence-electron chi connectivity index (χ2n) is 6.28. The molecule has 2 saturated heterocycles. The summed E-state index contributed by atoms with van der Waals surface area (Å²) in [5.74, 6) is 0.328. The molecule has 4 nitrogen and oxygen atoms in total. The number of fused-ring (bicyclic) bond motifs is 1. The molecule has 2 aliphatic heterocycles. The summed E-state index contributed by atoms with van der Waals surface area (Å²) in [6.45, 7) is 1.82. The first-order valence-corrected chi connectivity index (χ1v) is 8.42. The normalized spacial score (nSPS) is 30.1. The lowest BCUT2D eigenvalue weighted by Crippen LogP contribution is -2.59. The van der Waals surface area contributed by atoms with Crippen LogP contribution < -0.4 is 0 Å². The van der Waals surface area contributed by atoms with Crippen molar-refractivity contribution >= 4 is 27.7 Å². The Morgan fingerprint density at radius 3 is 2.63 bits per heavy atom. The topological polar surface area (TPSA) is 40.6 Å². The van der Waals surface area contributed by atoms with Crippen LogP contribution >= 0.6 is 15.9 Å². The van der Waals surface area contributed by atoms with E-state index < -0.39 is 0 Å². The molecule has 0 aromatic rings. The maximum Gasteiger partial charge on any atom is 0.245 e. The van der Waals surface area contributed by atoms with Gasteiger partial charge in [-0.2, -0.15) is 0 Å². The maximum absolute atomic E-state index is 12.5. The minimum atomic E-state index is -0.157. The van der Waals surface area contributed by atoms with Crippen molar-refractivity contribution in [1.82, 2.24) is 9.80 Å². The van der Waals surface area contributed by atoms with Crippen LogP contribution in [0, 0.1) is 5.41 Å². The Hall–Kier alpha value is -0.580. The molecule has 1 atom stereocenters. The molecule has 2 amide bonds. The lowest BCUT2D eigenvalue weighted by atomic mass is 9.87. The van der Waals surface area contributed by atoms with E-state index in [4.69, 9.17) is 0 Å². The van der Waals surface area contributed by atoms with Gasteiger partial charge in [-0.15, -0.1) is 0 Å². The Labute approximate surface area is 122 Å². The molecule has 0 aromatic carbocycles. The van der Waals surface area contributed by atoms with Crippen molar-refractivity contribution < 1.29 is 9.59 Å². The van der Waals surface area contributed by atoms with Gasteiger partial charge in [0.1, 0.15) is 6.04 Å². The number of halogens is 1. The van der Waals surface area contributed by atoms with Crippen LogP contribution in [0.25, 0.3) is 0 Å². The number of piperazine rings is 1. The lowest BCUT2D eigenvalue weighted by Gasteiger charge is -2.40. The van der Waals surface area contributed by atoms with Gasteiger partial charge in [0.2, 0.25) is 11.8 Å². The van der Waals surface area contributed by atoms with E-state index in [0.29, 0.717) is 6.54 Å². The predicted octanol–water partition coefficient (Wildman–Crippen LogP) is 1.77. The Bertz CT molecular complexity index is 393. The van der Waals surface area contributed by atoms with Crippen LogP contribution in [0.1, 0.15) is 38.5 Å². The summed E-state index contributed by atoms with van der Waals surface area (Å²) < 4.78 is 0. The van der Waals surface area contributed by atoms with E-state index in [9.17, 15) is 9.59 Å². The zero-order chi connectivity index (χ0) is 13.5. The predicted molar refractivity (Wildman–Crippen MR) is 76.0 cm³/mol. The van der Waals surface area contributed by atoms with E-state index >= 15 is 0 Å². The van der Waals surface area contributed by atoms with Crippen molar-refractivity contribution in [2.45, 2.75) is 44.6 Å². The third-order valence-corrected chi connectivity index (χ3v) is 6.16. The summed E-state index contributed by atoms with van der Waals surface area (Å²) in [5.41, 5.74) is 0.205. The second kappa shape index (κ2) is 5.08. The van der Waals surface area contributed by atoms with Crippen molar-refractivity contribution in [3.05, 3.63) is 0 Å². The summed E-state index contributed by atoms with van der Waals surface area (Å²) in [4.78, 5) is 28.3. The fraction of sp³-hybridized carbons (Fsp3) is 0.857. The van der Waals surface area contributed by atoms with Gasteiger partial charge in [-0.05, 0) is 31.1 Å². The summed E-state index contributed by atoms with van der Waals surface area (Å²) in [6.07, 6.45) is 6.66.